The van der Waals surface area contributed by atoms with Crippen LogP contribution in [0.15, 0.2) is 14.1 Å². The molecule has 116 valence electrons. The van der Waals surface area contributed by atoms with E-state index in [0.29, 0.717) is 12.3 Å². The van der Waals surface area contributed by atoms with Crippen LogP contribution in [0.5, 0.6) is 0 Å². The molecule has 0 aliphatic carbocycles. The van der Waals surface area contributed by atoms with Gasteiger partial charge in [0.2, 0.25) is 5.28 Å². The summed E-state index contributed by atoms with van der Waals surface area (Å²) in [5.74, 6) is 0.650. The Morgan fingerprint density at radius 2 is 1.86 bits per heavy atom. The normalized spacial score (nSPS) is 11.5. The summed E-state index contributed by atoms with van der Waals surface area (Å²) in [5.41, 5.74) is 1.19. The van der Waals surface area contributed by atoms with E-state index in [2.05, 4.69) is 10.1 Å². The van der Waals surface area contributed by atoms with Crippen LogP contribution in [0.3, 0.4) is 0 Å². The summed E-state index contributed by atoms with van der Waals surface area (Å²) in [4.78, 5) is 28.5. The maximum atomic E-state index is 12.4. The highest BCUT2D eigenvalue weighted by atomic mass is 35.5. The van der Waals surface area contributed by atoms with Gasteiger partial charge in [0.05, 0.1) is 12.2 Å². The average molecular weight is 324 g/mol. The molecule has 0 aromatic carbocycles. The van der Waals surface area contributed by atoms with Gasteiger partial charge in [-0.3, -0.25) is 13.9 Å². The van der Waals surface area contributed by atoms with Crippen LogP contribution >= 0.6 is 11.6 Å². The summed E-state index contributed by atoms with van der Waals surface area (Å²) >= 11 is 6.18. The second kappa shape index (κ2) is 4.84. The van der Waals surface area contributed by atoms with Crippen molar-refractivity contribution >= 4 is 22.8 Å². The zero-order valence-corrected chi connectivity index (χ0v) is 13.3. The first kappa shape index (κ1) is 14.6. The fourth-order valence-electron chi connectivity index (χ4n) is 2.45. The smallest absolute Gasteiger partial charge is 0.332 e. The van der Waals surface area contributed by atoms with E-state index >= 15 is 0 Å². The quantitative estimate of drug-likeness (QED) is 0.649. The maximum absolute atomic E-state index is 12.4. The minimum Gasteiger partial charge on any atom is -0.361 e. The first-order valence-corrected chi connectivity index (χ1v) is 6.94. The van der Waals surface area contributed by atoms with Gasteiger partial charge in [0.25, 0.3) is 5.56 Å². The number of rotatable bonds is 2. The molecule has 0 unspecified atom stereocenters. The van der Waals surface area contributed by atoms with Gasteiger partial charge in [-0.1, -0.05) is 5.16 Å². The summed E-state index contributed by atoms with van der Waals surface area (Å²) in [5, 5.41) is 4.02. The van der Waals surface area contributed by atoms with E-state index in [1.54, 1.807) is 18.5 Å². The van der Waals surface area contributed by atoms with E-state index < -0.39 is 11.2 Å². The molecule has 0 saturated heterocycles. The molecular formula is C13H14ClN5O3. The Kier molecular flexibility index (Phi) is 3.21. The van der Waals surface area contributed by atoms with Crippen molar-refractivity contribution in [2.24, 2.45) is 14.1 Å². The van der Waals surface area contributed by atoms with Crippen molar-refractivity contribution in [1.29, 1.82) is 0 Å². The molecule has 9 heteroatoms. The Hall–Kier alpha value is -2.35. The van der Waals surface area contributed by atoms with Gasteiger partial charge in [-0.15, -0.1) is 0 Å². The first-order chi connectivity index (χ1) is 10.3. The van der Waals surface area contributed by atoms with Crippen molar-refractivity contribution < 1.29 is 4.52 Å². The monoisotopic (exact) mass is 323 g/mol. The highest BCUT2D eigenvalue weighted by molar-refractivity contribution is 6.29. The summed E-state index contributed by atoms with van der Waals surface area (Å²) in [6, 6.07) is 0. The van der Waals surface area contributed by atoms with Gasteiger partial charge in [-0.25, -0.2) is 4.79 Å². The summed E-state index contributed by atoms with van der Waals surface area (Å²) in [6.45, 7) is 3.90. The average Bonchev–Trinajstić information content (AvgIpc) is 2.98. The Labute approximate surface area is 129 Å². The lowest BCUT2D eigenvalue weighted by Gasteiger charge is -2.07. The molecule has 22 heavy (non-hydrogen) atoms. The fourth-order valence-corrected chi connectivity index (χ4v) is 2.67. The predicted octanol–water partition coefficient (Wildman–Crippen LogP) is 0.740. The number of fused-ring (bicyclic) bond motifs is 1. The van der Waals surface area contributed by atoms with E-state index in [-0.39, 0.29) is 16.4 Å². The maximum Gasteiger partial charge on any atom is 0.332 e. The van der Waals surface area contributed by atoms with Gasteiger partial charge in [-0.05, 0) is 25.4 Å². The van der Waals surface area contributed by atoms with Gasteiger partial charge in [0, 0.05) is 19.7 Å². The number of halogens is 1. The number of hydrogen-bond donors (Lipinski definition) is 0. The second-order valence-corrected chi connectivity index (χ2v) is 5.49. The Balaban J connectivity index is 2.34. The molecule has 0 saturated carbocycles. The van der Waals surface area contributed by atoms with E-state index in [0.717, 1.165) is 15.8 Å². The topological polar surface area (TPSA) is 87.8 Å². The van der Waals surface area contributed by atoms with E-state index in [1.165, 1.54) is 11.6 Å². The minimum atomic E-state index is -0.448. The zero-order chi connectivity index (χ0) is 16.2. The highest BCUT2D eigenvalue weighted by Gasteiger charge is 2.20. The molecule has 3 aromatic heterocycles. The molecule has 0 fully saturated rings. The van der Waals surface area contributed by atoms with Crippen LogP contribution in [0, 0.1) is 13.8 Å². The minimum absolute atomic E-state index is 0.133. The summed E-state index contributed by atoms with van der Waals surface area (Å²) in [6.07, 6.45) is 0. The molecule has 3 aromatic rings. The van der Waals surface area contributed by atoms with E-state index in [4.69, 9.17) is 16.1 Å². The van der Waals surface area contributed by atoms with Gasteiger partial charge in [0.1, 0.15) is 5.76 Å². The first-order valence-electron chi connectivity index (χ1n) is 6.56. The number of imidazole rings is 1. The predicted molar refractivity (Wildman–Crippen MR) is 80.3 cm³/mol. The molecule has 0 bridgehead atoms. The lowest BCUT2D eigenvalue weighted by atomic mass is 10.2. The molecule has 0 amide bonds. The number of aryl methyl sites for hydroxylation is 3. The van der Waals surface area contributed by atoms with Crippen LogP contribution in [0.2, 0.25) is 5.28 Å². The molecule has 0 atom stereocenters. The van der Waals surface area contributed by atoms with Crippen LogP contribution < -0.4 is 11.2 Å². The van der Waals surface area contributed by atoms with Gasteiger partial charge in [-0.2, -0.15) is 4.98 Å². The van der Waals surface area contributed by atoms with Crippen molar-refractivity contribution in [3.8, 4) is 0 Å². The van der Waals surface area contributed by atoms with Gasteiger partial charge >= 0.3 is 5.69 Å². The van der Waals surface area contributed by atoms with Crippen LogP contribution in [0.1, 0.15) is 17.0 Å². The van der Waals surface area contributed by atoms with Gasteiger partial charge < -0.3 is 9.09 Å². The van der Waals surface area contributed by atoms with Crippen molar-refractivity contribution in [2.45, 2.75) is 20.4 Å². The van der Waals surface area contributed by atoms with Crippen molar-refractivity contribution in [1.82, 2.24) is 23.8 Å². The van der Waals surface area contributed by atoms with Gasteiger partial charge in [0.15, 0.2) is 11.2 Å². The second-order valence-electron chi connectivity index (χ2n) is 5.15. The standard InChI is InChI=1S/C13H14ClN5O3/c1-6-8(7(2)22-16-6)5-19-9-10(15-12(19)14)17(3)13(21)18(4)11(9)20/h5H2,1-4H3. The van der Waals surface area contributed by atoms with Crippen LogP contribution in [-0.4, -0.2) is 23.8 Å². The molecule has 0 spiro atoms. The third-order valence-electron chi connectivity index (χ3n) is 3.80. The highest BCUT2D eigenvalue weighted by Crippen LogP contribution is 2.20. The van der Waals surface area contributed by atoms with Crippen LogP contribution in [0.4, 0.5) is 0 Å². The third-order valence-corrected chi connectivity index (χ3v) is 4.09. The molecule has 8 nitrogen and oxygen atoms in total. The largest absolute Gasteiger partial charge is 0.361 e. The summed E-state index contributed by atoms with van der Waals surface area (Å²) in [7, 11) is 2.97. The third kappa shape index (κ3) is 1.91. The molecule has 3 heterocycles. The molecule has 0 radical (unpaired) electrons. The van der Waals surface area contributed by atoms with Crippen molar-refractivity contribution in [3.05, 3.63) is 43.1 Å². The van der Waals surface area contributed by atoms with Crippen molar-refractivity contribution in [3.63, 3.8) is 0 Å². The lowest BCUT2D eigenvalue weighted by Crippen LogP contribution is -2.37. The zero-order valence-electron chi connectivity index (χ0n) is 12.5. The van der Waals surface area contributed by atoms with Crippen LogP contribution in [-0.2, 0) is 20.6 Å². The Bertz CT molecular complexity index is 988. The molecule has 0 N–H and O–H groups in total. The molecule has 0 aliphatic rings. The Morgan fingerprint density at radius 3 is 2.45 bits per heavy atom. The fraction of sp³-hybridized carbons (Fsp3) is 0.385. The van der Waals surface area contributed by atoms with Crippen molar-refractivity contribution in [2.75, 3.05) is 0 Å². The molecule has 0 aliphatic heterocycles. The number of nitrogens with zero attached hydrogens (tertiary/aromatic N) is 5. The number of aromatic nitrogens is 5. The lowest BCUT2D eigenvalue weighted by molar-refractivity contribution is 0.392. The van der Waals surface area contributed by atoms with Crippen LogP contribution in [0.25, 0.3) is 11.2 Å². The molecular weight excluding hydrogens is 310 g/mol. The molecule has 3 rings (SSSR count). The van der Waals surface area contributed by atoms with E-state index in [9.17, 15) is 9.59 Å². The summed E-state index contributed by atoms with van der Waals surface area (Å²) < 4.78 is 9.02. The van der Waals surface area contributed by atoms with E-state index in [1.807, 2.05) is 6.92 Å². The Morgan fingerprint density at radius 1 is 1.18 bits per heavy atom. The number of hydrogen-bond acceptors (Lipinski definition) is 5. The SMILES string of the molecule is Cc1noc(C)c1Cn1c(Cl)nc2c1c(=O)n(C)c(=O)n2C.